The second kappa shape index (κ2) is 6.00. The molecule has 2 nitrogen and oxygen atoms in total. The van der Waals surface area contributed by atoms with Crippen LogP contribution in [0.3, 0.4) is 0 Å². The molecule has 0 aromatic rings. The van der Waals surface area contributed by atoms with Crippen LogP contribution in [0, 0.1) is 0 Å². The number of nitrogens with two attached hydrogens (primary N) is 1. The lowest BCUT2D eigenvalue weighted by Gasteiger charge is -2.17. The van der Waals surface area contributed by atoms with Crippen molar-refractivity contribution in [2.45, 2.75) is 26.3 Å². The lowest BCUT2D eigenvalue weighted by molar-refractivity contribution is 0.578. The number of rotatable bonds is 6. The van der Waals surface area contributed by atoms with Crippen molar-refractivity contribution in [3.8, 4) is 0 Å². The summed E-state index contributed by atoms with van der Waals surface area (Å²) >= 11 is 1.83. The second-order valence-corrected chi connectivity index (χ2v) is 6.44. The lowest BCUT2D eigenvalue weighted by Crippen LogP contribution is -2.38. The van der Waals surface area contributed by atoms with E-state index in [2.05, 4.69) is 6.92 Å². The van der Waals surface area contributed by atoms with E-state index in [1.165, 1.54) is 0 Å². The smallest absolute Gasteiger partial charge is 0.0410 e. The van der Waals surface area contributed by atoms with Crippen molar-refractivity contribution in [2.75, 3.05) is 23.0 Å². The van der Waals surface area contributed by atoms with Gasteiger partial charge >= 0.3 is 0 Å². The molecular weight excluding hydrogens is 190 g/mol. The number of hydrogen-bond donors (Lipinski definition) is 1. The Kier molecular flexibility index (Phi) is 6.23. The fourth-order valence-electron chi connectivity index (χ4n) is 0.783. The molecule has 0 bridgehead atoms. The van der Waals surface area contributed by atoms with E-state index in [1.807, 2.05) is 25.6 Å². The van der Waals surface area contributed by atoms with Gasteiger partial charge in [-0.2, -0.15) is 11.8 Å². The van der Waals surface area contributed by atoms with E-state index in [4.69, 9.17) is 5.73 Å². The largest absolute Gasteiger partial charge is 0.325 e. The molecule has 0 spiro atoms. The Balaban J connectivity index is 3.47. The molecule has 0 aromatic heterocycles. The van der Waals surface area contributed by atoms with E-state index >= 15 is 0 Å². The van der Waals surface area contributed by atoms with Gasteiger partial charge in [-0.15, -0.1) is 0 Å². The topological polar surface area (TPSA) is 43.1 Å². The standard InChI is InChI=1S/C8H19NOS2/c1-4-11-5-6-12(10)7-8(2,3)9/h4-7,9H2,1-3H3. The molecule has 0 aliphatic heterocycles. The summed E-state index contributed by atoms with van der Waals surface area (Å²) in [5.74, 6) is 3.47. The second-order valence-electron chi connectivity index (χ2n) is 3.47. The van der Waals surface area contributed by atoms with E-state index in [-0.39, 0.29) is 5.54 Å². The predicted molar refractivity (Wildman–Crippen MR) is 59.1 cm³/mol. The molecule has 0 aromatic carbocycles. The van der Waals surface area contributed by atoms with Gasteiger partial charge in [-0.05, 0) is 19.6 Å². The van der Waals surface area contributed by atoms with Gasteiger partial charge in [0.25, 0.3) is 0 Å². The molecule has 0 amide bonds. The Morgan fingerprint density at radius 1 is 1.50 bits per heavy atom. The van der Waals surface area contributed by atoms with E-state index in [9.17, 15) is 4.21 Å². The van der Waals surface area contributed by atoms with Crippen LogP contribution in [0.4, 0.5) is 0 Å². The third-order valence-corrected chi connectivity index (χ3v) is 4.08. The Labute approximate surface area is 82.1 Å². The summed E-state index contributed by atoms with van der Waals surface area (Å²) in [6, 6.07) is 0. The number of hydrogen-bond acceptors (Lipinski definition) is 3. The van der Waals surface area contributed by atoms with Crippen LogP contribution in [0.15, 0.2) is 0 Å². The van der Waals surface area contributed by atoms with E-state index in [0.717, 1.165) is 17.3 Å². The van der Waals surface area contributed by atoms with Gasteiger partial charge in [-0.1, -0.05) is 6.92 Å². The Morgan fingerprint density at radius 3 is 2.50 bits per heavy atom. The van der Waals surface area contributed by atoms with Crippen LogP contribution in [0.25, 0.3) is 0 Å². The summed E-state index contributed by atoms with van der Waals surface area (Å²) in [4.78, 5) is 0. The van der Waals surface area contributed by atoms with Crippen LogP contribution in [-0.4, -0.2) is 32.8 Å². The highest BCUT2D eigenvalue weighted by atomic mass is 32.2. The Hall–Kier alpha value is 0.460. The van der Waals surface area contributed by atoms with Gasteiger partial charge in [0.2, 0.25) is 0 Å². The summed E-state index contributed by atoms with van der Waals surface area (Å²) in [5.41, 5.74) is 5.45. The summed E-state index contributed by atoms with van der Waals surface area (Å²) in [6.45, 7) is 5.94. The third-order valence-electron chi connectivity index (χ3n) is 1.19. The lowest BCUT2D eigenvalue weighted by atomic mass is 10.1. The molecule has 1 unspecified atom stereocenters. The zero-order valence-corrected chi connectivity index (χ0v) is 9.76. The fourth-order valence-corrected chi connectivity index (χ4v) is 3.26. The molecule has 0 heterocycles. The molecular formula is C8H19NOS2. The van der Waals surface area contributed by atoms with Crippen LogP contribution in [0.5, 0.6) is 0 Å². The zero-order valence-electron chi connectivity index (χ0n) is 8.13. The summed E-state index contributed by atoms with van der Waals surface area (Å²) in [6.07, 6.45) is 0. The number of thioether (sulfide) groups is 1. The monoisotopic (exact) mass is 209 g/mol. The average Bonchev–Trinajstić information content (AvgIpc) is 1.84. The van der Waals surface area contributed by atoms with Crippen LogP contribution in [0.2, 0.25) is 0 Å². The minimum Gasteiger partial charge on any atom is -0.325 e. The van der Waals surface area contributed by atoms with Crippen molar-refractivity contribution in [3.63, 3.8) is 0 Å². The SMILES string of the molecule is CCSCCS(=O)CC(C)(C)N. The zero-order chi connectivity index (χ0) is 9.61. The van der Waals surface area contributed by atoms with Crippen LogP contribution in [-0.2, 0) is 10.8 Å². The molecule has 4 heteroatoms. The van der Waals surface area contributed by atoms with E-state index in [0.29, 0.717) is 5.75 Å². The first kappa shape index (κ1) is 12.5. The first-order valence-electron chi connectivity index (χ1n) is 4.17. The Bertz CT molecular complexity index is 142. The maximum absolute atomic E-state index is 11.4. The fraction of sp³-hybridized carbons (Fsp3) is 1.00. The van der Waals surface area contributed by atoms with Gasteiger partial charge < -0.3 is 5.73 Å². The van der Waals surface area contributed by atoms with Crippen molar-refractivity contribution in [1.29, 1.82) is 0 Å². The molecule has 0 saturated carbocycles. The normalized spacial score (nSPS) is 14.7. The molecule has 0 fully saturated rings. The average molecular weight is 209 g/mol. The van der Waals surface area contributed by atoms with E-state index in [1.54, 1.807) is 0 Å². The highest BCUT2D eigenvalue weighted by molar-refractivity contribution is 8.00. The van der Waals surface area contributed by atoms with Crippen molar-refractivity contribution >= 4 is 22.6 Å². The summed E-state index contributed by atoms with van der Waals surface area (Å²) in [5, 5.41) is 0. The molecule has 0 aliphatic rings. The van der Waals surface area contributed by atoms with E-state index < -0.39 is 10.8 Å². The molecule has 0 saturated heterocycles. The molecule has 0 rings (SSSR count). The molecule has 74 valence electrons. The van der Waals surface area contributed by atoms with Crippen molar-refractivity contribution in [3.05, 3.63) is 0 Å². The van der Waals surface area contributed by atoms with Gasteiger partial charge in [0.05, 0.1) is 0 Å². The highest BCUT2D eigenvalue weighted by Crippen LogP contribution is 2.03. The maximum Gasteiger partial charge on any atom is 0.0410 e. The van der Waals surface area contributed by atoms with Gasteiger partial charge in [-0.25, -0.2) is 0 Å². The van der Waals surface area contributed by atoms with Gasteiger partial charge in [0.1, 0.15) is 0 Å². The van der Waals surface area contributed by atoms with Crippen molar-refractivity contribution in [2.24, 2.45) is 5.73 Å². The van der Waals surface area contributed by atoms with Crippen LogP contribution < -0.4 is 5.73 Å². The molecule has 2 N–H and O–H groups in total. The minimum absolute atomic E-state index is 0.290. The molecule has 0 aliphatic carbocycles. The summed E-state index contributed by atoms with van der Waals surface area (Å²) in [7, 11) is -0.737. The molecule has 0 radical (unpaired) electrons. The van der Waals surface area contributed by atoms with Gasteiger partial charge in [-0.3, -0.25) is 4.21 Å². The van der Waals surface area contributed by atoms with Crippen molar-refractivity contribution < 1.29 is 4.21 Å². The quantitative estimate of drug-likeness (QED) is 0.669. The third kappa shape index (κ3) is 8.56. The highest BCUT2D eigenvalue weighted by Gasteiger charge is 2.14. The predicted octanol–water partition coefficient (Wildman–Crippen LogP) is 1.23. The van der Waals surface area contributed by atoms with Crippen LogP contribution in [0.1, 0.15) is 20.8 Å². The maximum atomic E-state index is 11.4. The minimum atomic E-state index is -0.737. The van der Waals surface area contributed by atoms with Crippen molar-refractivity contribution in [1.82, 2.24) is 0 Å². The first-order chi connectivity index (χ1) is 5.45. The Morgan fingerprint density at radius 2 is 2.08 bits per heavy atom. The first-order valence-corrected chi connectivity index (χ1v) is 6.81. The molecule has 1 atom stereocenters. The van der Waals surface area contributed by atoms with Crippen LogP contribution >= 0.6 is 11.8 Å². The summed E-state index contributed by atoms with van der Waals surface area (Å²) < 4.78 is 11.4. The van der Waals surface area contributed by atoms with Gasteiger partial charge in [0.15, 0.2) is 0 Å². The molecule has 12 heavy (non-hydrogen) atoms. The van der Waals surface area contributed by atoms with Gasteiger partial charge in [0, 0.05) is 33.6 Å².